The van der Waals surface area contributed by atoms with Crippen LogP contribution in [0.2, 0.25) is 5.02 Å². The zero-order valence-corrected chi connectivity index (χ0v) is 36.1. The summed E-state index contributed by atoms with van der Waals surface area (Å²) >= 11 is 6.16. The van der Waals surface area contributed by atoms with Crippen LogP contribution in [-0.2, 0) is 11.2 Å². The number of carbonyl (C=O) groups is 3. The zero-order valence-electron chi connectivity index (χ0n) is 35.4. The number of aliphatic hydroxyl groups is 1. The summed E-state index contributed by atoms with van der Waals surface area (Å²) in [4.78, 5) is 45.5. The molecule has 4 aliphatic rings. The van der Waals surface area contributed by atoms with E-state index >= 15 is 0 Å². The molecule has 1 unspecified atom stereocenters. The molecule has 3 amide bonds. The average Bonchev–Trinajstić information content (AvgIpc) is 3.70. The summed E-state index contributed by atoms with van der Waals surface area (Å²) in [7, 11) is 0. The third kappa shape index (κ3) is 9.70. The molecule has 322 valence electrons. The summed E-state index contributed by atoms with van der Waals surface area (Å²) in [5.74, 6) is 0.469. The van der Waals surface area contributed by atoms with Gasteiger partial charge in [-0.2, -0.15) is 5.26 Å². The van der Waals surface area contributed by atoms with Crippen molar-refractivity contribution in [3.8, 4) is 11.8 Å². The highest BCUT2D eigenvalue weighted by Crippen LogP contribution is 2.42. The van der Waals surface area contributed by atoms with Crippen LogP contribution in [0.15, 0.2) is 66.9 Å². The number of nitrogens with zero attached hydrogens (tertiary/aromatic N) is 5. The molecule has 3 N–H and O–H groups in total. The number of amides is 3. The molecule has 8 rings (SSSR count). The second kappa shape index (κ2) is 18.5. The number of fused-ring (bicyclic) bond motifs is 1. The van der Waals surface area contributed by atoms with Crippen LogP contribution in [-0.4, -0.2) is 95.0 Å². The van der Waals surface area contributed by atoms with Gasteiger partial charge in [0, 0.05) is 66.9 Å². The normalized spacial score (nSPS) is 22.0. The van der Waals surface area contributed by atoms with E-state index in [-0.39, 0.29) is 47.7 Å². The van der Waals surface area contributed by atoms with Crippen molar-refractivity contribution in [2.75, 3.05) is 44.2 Å². The van der Waals surface area contributed by atoms with Crippen LogP contribution in [0.5, 0.6) is 5.75 Å². The Morgan fingerprint density at radius 2 is 1.67 bits per heavy atom. The average molecular weight is 848 g/mol. The number of aryl methyl sites for hydroxylation is 1. The van der Waals surface area contributed by atoms with Gasteiger partial charge in [0.2, 0.25) is 12.3 Å². The van der Waals surface area contributed by atoms with E-state index in [1.54, 1.807) is 23.1 Å². The van der Waals surface area contributed by atoms with Crippen LogP contribution in [0.25, 0.3) is 10.9 Å². The van der Waals surface area contributed by atoms with E-state index in [4.69, 9.17) is 21.6 Å². The molecule has 3 aliphatic heterocycles. The molecule has 1 aliphatic carbocycles. The lowest BCUT2D eigenvalue weighted by molar-refractivity contribution is -0.125. The Kier molecular flexibility index (Phi) is 12.9. The van der Waals surface area contributed by atoms with Crippen LogP contribution in [0.1, 0.15) is 116 Å². The predicted octanol–water partition coefficient (Wildman–Crippen LogP) is 7.42. The molecule has 12 nitrogen and oxygen atoms in total. The molecule has 3 aromatic carbocycles. The SMILES string of the molecule is CC(C)n1ccc2c(N3CCC(=O)NC3O)cc(C(=O)N3CCC4(CCN(CCCc5ccc(C(=O)N[C@H]6CC[C@H](Oc7ccc(C#N)c(Cl)c7)CC6)cc5)CC4)CC3)cc21. The van der Waals surface area contributed by atoms with Crippen LogP contribution >= 0.6 is 11.6 Å². The number of carbonyl (C=O) groups excluding carboxylic acids is 3. The first kappa shape index (κ1) is 42.6. The highest BCUT2D eigenvalue weighted by molar-refractivity contribution is 6.31. The van der Waals surface area contributed by atoms with Gasteiger partial charge >= 0.3 is 0 Å². The summed E-state index contributed by atoms with van der Waals surface area (Å²) in [6.45, 7) is 9.28. The lowest BCUT2D eigenvalue weighted by Gasteiger charge is -2.47. The standard InChI is InChI=1S/C48H58ClN7O5/c1-32(2)55-22-15-40-42(55)28-36(29-43(40)56-23-16-44(57)52-47(56)60)46(59)54-26-19-48(20-27-54)17-24-53(25-18-48)21-3-4-33-5-7-34(8-6-33)45(58)51-37-10-13-38(14-11-37)61-39-12-9-35(31-50)41(49)30-39/h5-9,12,15,22,28-30,32,37-38,47,60H,3-4,10-11,13-14,16-21,23-27H2,1-2H3,(H,51,58)(H,52,57)/t37-,38-,47?. The number of nitrogens with one attached hydrogen (secondary N) is 2. The van der Waals surface area contributed by atoms with Crippen LogP contribution < -0.4 is 20.3 Å². The van der Waals surface area contributed by atoms with E-state index in [1.807, 2.05) is 41.4 Å². The van der Waals surface area contributed by atoms with Gasteiger partial charge in [0.05, 0.1) is 27.9 Å². The third-order valence-electron chi connectivity index (χ3n) is 13.7. The zero-order chi connectivity index (χ0) is 42.7. The summed E-state index contributed by atoms with van der Waals surface area (Å²) < 4.78 is 8.27. The Hall–Kier alpha value is -5.09. The minimum atomic E-state index is -1.14. The maximum Gasteiger partial charge on any atom is 0.254 e. The highest BCUT2D eigenvalue weighted by atomic mass is 35.5. The number of piperidine rings is 2. The Morgan fingerprint density at radius 1 is 0.951 bits per heavy atom. The molecule has 1 saturated carbocycles. The van der Waals surface area contributed by atoms with Crippen molar-refractivity contribution >= 4 is 45.9 Å². The molecule has 4 aromatic rings. The minimum absolute atomic E-state index is 0.0220. The largest absolute Gasteiger partial charge is 0.490 e. The number of anilines is 1. The van der Waals surface area contributed by atoms with Gasteiger partial charge in [-0.1, -0.05) is 23.7 Å². The molecular weight excluding hydrogens is 790 g/mol. The fraction of sp³-hybridized carbons (Fsp3) is 0.500. The second-order valence-corrected chi connectivity index (χ2v) is 18.3. The van der Waals surface area contributed by atoms with Crippen LogP contribution in [0.4, 0.5) is 5.69 Å². The van der Waals surface area contributed by atoms with Crippen LogP contribution in [0, 0.1) is 16.7 Å². The Labute approximate surface area is 363 Å². The van der Waals surface area contributed by atoms with Crippen molar-refractivity contribution in [1.82, 2.24) is 25.0 Å². The van der Waals surface area contributed by atoms with Crippen molar-refractivity contribution in [2.24, 2.45) is 5.41 Å². The number of rotatable bonds is 11. The third-order valence-corrected chi connectivity index (χ3v) is 14.0. The van der Waals surface area contributed by atoms with Crippen LogP contribution in [0.3, 0.4) is 0 Å². The van der Waals surface area contributed by atoms with Gasteiger partial charge in [0.15, 0.2) is 0 Å². The molecule has 0 bridgehead atoms. The smallest absolute Gasteiger partial charge is 0.254 e. The lowest BCUT2D eigenvalue weighted by atomic mass is 9.71. The molecular formula is C48H58ClN7O5. The number of likely N-dealkylation sites (tertiary alicyclic amines) is 2. The molecule has 4 heterocycles. The Morgan fingerprint density at radius 3 is 2.34 bits per heavy atom. The van der Waals surface area contributed by atoms with Crippen molar-refractivity contribution in [2.45, 2.75) is 109 Å². The molecule has 3 saturated heterocycles. The summed E-state index contributed by atoms with van der Waals surface area (Å²) in [6, 6.07) is 21.5. The van der Waals surface area contributed by atoms with Gasteiger partial charge in [-0.15, -0.1) is 0 Å². The van der Waals surface area contributed by atoms with E-state index in [9.17, 15) is 19.5 Å². The number of aliphatic hydroxyl groups excluding tert-OH is 1. The van der Waals surface area contributed by atoms with Gasteiger partial charge in [-0.25, -0.2) is 0 Å². The number of nitriles is 1. The molecule has 1 aromatic heterocycles. The molecule has 1 spiro atoms. The molecule has 13 heteroatoms. The van der Waals surface area contributed by atoms with Crippen molar-refractivity contribution < 1.29 is 24.2 Å². The molecule has 0 radical (unpaired) electrons. The van der Waals surface area contributed by atoms with Crippen molar-refractivity contribution in [3.05, 3.63) is 94.1 Å². The first-order valence-electron chi connectivity index (χ1n) is 22.1. The van der Waals surface area contributed by atoms with E-state index in [0.29, 0.717) is 34.0 Å². The van der Waals surface area contributed by atoms with Gasteiger partial charge in [-0.3, -0.25) is 14.4 Å². The summed E-state index contributed by atoms with van der Waals surface area (Å²) in [5.41, 5.74) is 4.96. The topological polar surface area (TPSA) is 143 Å². The number of benzene rings is 3. The number of hydrogen-bond donors (Lipinski definition) is 3. The maximum atomic E-state index is 14.1. The summed E-state index contributed by atoms with van der Waals surface area (Å²) in [5, 5.41) is 27.1. The van der Waals surface area contributed by atoms with Crippen molar-refractivity contribution in [1.29, 1.82) is 5.26 Å². The predicted molar refractivity (Wildman–Crippen MR) is 237 cm³/mol. The number of hydrogen-bond acceptors (Lipinski definition) is 8. The van der Waals surface area contributed by atoms with Crippen molar-refractivity contribution in [3.63, 3.8) is 0 Å². The first-order valence-corrected chi connectivity index (χ1v) is 22.5. The highest BCUT2D eigenvalue weighted by Gasteiger charge is 2.39. The fourth-order valence-electron chi connectivity index (χ4n) is 9.84. The lowest BCUT2D eigenvalue weighted by Crippen LogP contribution is -2.54. The quantitative estimate of drug-likeness (QED) is 0.142. The fourth-order valence-corrected chi connectivity index (χ4v) is 10.1. The summed E-state index contributed by atoms with van der Waals surface area (Å²) in [6.07, 6.45) is 10.9. The van der Waals surface area contributed by atoms with Gasteiger partial charge in [-0.05, 0) is 151 Å². The minimum Gasteiger partial charge on any atom is -0.490 e. The van der Waals surface area contributed by atoms with Gasteiger partial charge in [0.1, 0.15) is 11.8 Å². The van der Waals surface area contributed by atoms with E-state index in [1.165, 1.54) is 5.56 Å². The van der Waals surface area contributed by atoms with E-state index < -0.39 is 6.35 Å². The molecule has 1 atom stereocenters. The second-order valence-electron chi connectivity index (χ2n) is 17.9. The number of ether oxygens (including phenoxy) is 1. The molecule has 4 fully saturated rings. The Bertz CT molecular complexity index is 2260. The number of aromatic nitrogens is 1. The molecule has 61 heavy (non-hydrogen) atoms. The Balaban J connectivity index is 0.763. The maximum absolute atomic E-state index is 14.1. The number of halogens is 1. The van der Waals surface area contributed by atoms with Gasteiger partial charge < -0.3 is 39.7 Å². The monoisotopic (exact) mass is 847 g/mol. The van der Waals surface area contributed by atoms with E-state index in [0.717, 1.165) is 114 Å². The van der Waals surface area contributed by atoms with E-state index in [2.05, 4.69) is 52.2 Å². The van der Waals surface area contributed by atoms with Gasteiger partial charge in [0.25, 0.3) is 11.8 Å². The first-order chi connectivity index (χ1) is 29.5.